The Labute approximate surface area is 319 Å². The lowest BCUT2D eigenvalue weighted by Crippen LogP contribution is -1.98. The number of aromatic nitrogens is 1. The van der Waals surface area contributed by atoms with Gasteiger partial charge >= 0.3 is 0 Å². The van der Waals surface area contributed by atoms with Crippen LogP contribution < -0.4 is 0 Å². The predicted octanol–water partition coefficient (Wildman–Crippen LogP) is 14.7. The molecule has 0 amide bonds. The normalized spacial score (nSPS) is 11.0. The lowest BCUT2D eigenvalue weighted by molar-refractivity contribution is 0.924. The molecule has 9 aromatic rings. The van der Waals surface area contributed by atoms with E-state index < -0.39 is 0 Å². The quantitative estimate of drug-likeness (QED) is 0.156. The highest BCUT2D eigenvalue weighted by molar-refractivity contribution is 6.10. The molecule has 1 heterocycles. The molecule has 1 nitrogen and oxygen atoms in total. The molecule has 1 aromatic heterocycles. The summed E-state index contributed by atoms with van der Waals surface area (Å²) in [7, 11) is 0. The summed E-state index contributed by atoms with van der Waals surface area (Å²) in [6.45, 7) is 6.56. The van der Waals surface area contributed by atoms with Gasteiger partial charge in [-0.2, -0.15) is 0 Å². The fourth-order valence-corrected chi connectivity index (χ4v) is 8.00. The molecule has 0 aliphatic carbocycles. The average Bonchev–Trinajstić information content (AvgIpc) is 3.56. The maximum atomic E-state index is 2.43. The summed E-state index contributed by atoms with van der Waals surface area (Å²) in [6.07, 6.45) is 2.20. The van der Waals surface area contributed by atoms with Gasteiger partial charge in [0.15, 0.2) is 0 Å². The molecule has 0 aliphatic heterocycles. The summed E-state index contributed by atoms with van der Waals surface area (Å²) >= 11 is 0. The van der Waals surface area contributed by atoms with Crippen molar-refractivity contribution >= 4 is 21.8 Å². The molecule has 0 radical (unpaired) electrons. The van der Waals surface area contributed by atoms with E-state index in [0.29, 0.717) is 0 Å². The molecule has 0 spiro atoms. The van der Waals surface area contributed by atoms with Crippen LogP contribution in [0.25, 0.3) is 72.0 Å². The van der Waals surface area contributed by atoms with Crippen molar-refractivity contribution in [3.63, 3.8) is 0 Å². The van der Waals surface area contributed by atoms with Crippen LogP contribution in [0.15, 0.2) is 194 Å². The summed E-state index contributed by atoms with van der Waals surface area (Å²) in [6, 6.07) is 70.0. The first-order valence-corrected chi connectivity index (χ1v) is 19.1. The van der Waals surface area contributed by atoms with Gasteiger partial charge in [-0.15, -0.1) is 0 Å². The van der Waals surface area contributed by atoms with Gasteiger partial charge in [-0.05, 0) is 94.1 Å². The first-order chi connectivity index (χ1) is 26.6. The molecule has 0 aliphatic rings. The Morgan fingerprint density at radius 2 is 0.685 bits per heavy atom. The van der Waals surface area contributed by atoms with Crippen LogP contribution in [0.1, 0.15) is 30.0 Å². The van der Waals surface area contributed by atoms with Gasteiger partial charge in [-0.1, -0.05) is 189 Å². The van der Waals surface area contributed by atoms with Gasteiger partial charge in [0.25, 0.3) is 0 Å². The summed E-state index contributed by atoms with van der Waals surface area (Å²) < 4.78 is 2.43. The highest BCUT2D eigenvalue weighted by Gasteiger charge is 2.19. The van der Waals surface area contributed by atoms with Crippen molar-refractivity contribution in [2.75, 3.05) is 0 Å². The first-order valence-electron chi connectivity index (χ1n) is 19.1. The highest BCUT2D eigenvalue weighted by Crippen LogP contribution is 2.42. The molecule has 0 unspecified atom stereocenters. The number of rotatable bonds is 7. The van der Waals surface area contributed by atoms with Crippen molar-refractivity contribution in [1.29, 1.82) is 0 Å². The second-order valence-corrected chi connectivity index (χ2v) is 14.0. The van der Waals surface area contributed by atoms with E-state index >= 15 is 0 Å². The largest absolute Gasteiger partial charge is 0.309 e. The maximum Gasteiger partial charge on any atom is 0.0541 e. The SMILES string of the molecule is CCCc1ccccc1-c1ccccc1-c1ccccc1-c1ccccc1-n1c2ccccc2c2ccccc21.Cc1ccccc1-c1ccccc1C. The minimum atomic E-state index is 1.07. The Bertz CT molecular complexity index is 2610. The molecule has 0 fully saturated rings. The van der Waals surface area contributed by atoms with Gasteiger partial charge in [-0.25, -0.2) is 0 Å². The Morgan fingerprint density at radius 3 is 1.19 bits per heavy atom. The Morgan fingerprint density at radius 1 is 0.333 bits per heavy atom. The van der Waals surface area contributed by atoms with Crippen LogP contribution in [0, 0.1) is 13.8 Å². The second kappa shape index (κ2) is 15.7. The fourth-order valence-electron chi connectivity index (χ4n) is 8.00. The van der Waals surface area contributed by atoms with E-state index in [1.807, 2.05) is 0 Å². The molecular formula is C53H45N. The van der Waals surface area contributed by atoms with E-state index in [4.69, 9.17) is 0 Å². The van der Waals surface area contributed by atoms with E-state index in [1.54, 1.807) is 0 Å². The van der Waals surface area contributed by atoms with E-state index in [1.165, 1.54) is 88.7 Å². The lowest BCUT2D eigenvalue weighted by Gasteiger charge is -2.19. The van der Waals surface area contributed by atoms with Crippen LogP contribution in [-0.2, 0) is 6.42 Å². The summed E-state index contributed by atoms with van der Waals surface area (Å²) in [4.78, 5) is 0. The zero-order valence-corrected chi connectivity index (χ0v) is 31.3. The summed E-state index contributed by atoms with van der Waals surface area (Å²) in [5.41, 5.74) is 18.0. The van der Waals surface area contributed by atoms with Gasteiger partial charge in [0.1, 0.15) is 0 Å². The van der Waals surface area contributed by atoms with Crippen molar-refractivity contribution in [3.05, 3.63) is 211 Å². The van der Waals surface area contributed by atoms with E-state index in [9.17, 15) is 0 Å². The molecule has 9 rings (SSSR count). The van der Waals surface area contributed by atoms with Crippen LogP contribution in [0.2, 0.25) is 0 Å². The van der Waals surface area contributed by atoms with Crippen LogP contribution in [0.5, 0.6) is 0 Å². The number of benzene rings is 8. The highest BCUT2D eigenvalue weighted by atomic mass is 15.0. The number of aryl methyl sites for hydroxylation is 3. The minimum Gasteiger partial charge on any atom is -0.309 e. The van der Waals surface area contributed by atoms with Gasteiger partial charge in [0.05, 0.1) is 16.7 Å². The molecule has 8 aromatic carbocycles. The van der Waals surface area contributed by atoms with Gasteiger partial charge in [0, 0.05) is 16.3 Å². The van der Waals surface area contributed by atoms with Gasteiger partial charge in [-0.3, -0.25) is 0 Å². The molecule has 1 heteroatoms. The lowest BCUT2D eigenvalue weighted by atomic mass is 9.87. The van der Waals surface area contributed by atoms with Crippen molar-refractivity contribution in [3.8, 4) is 50.2 Å². The third kappa shape index (κ3) is 6.66. The standard InChI is InChI=1S/C39H31N.C14H14/c1-2-15-28-16-3-4-17-29(28)30-18-5-6-19-31(30)32-20-7-8-21-33(32)34-22-9-12-25-37(34)40-38-26-13-10-23-35(38)36-24-11-14-27-39(36)40;1-11-7-3-5-9-13(11)14-10-6-4-8-12(14)2/h3-14,16-27H,2,15H2,1H3;3-10H,1-2H3. The molecule has 0 N–H and O–H groups in total. The number of para-hydroxylation sites is 3. The monoisotopic (exact) mass is 695 g/mol. The van der Waals surface area contributed by atoms with Gasteiger partial charge in [0.2, 0.25) is 0 Å². The molecule has 0 saturated heterocycles. The molecule has 0 saturated carbocycles. The number of fused-ring (bicyclic) bond motifs is 3. The number of hydrogen-bond acceptors (Lipinski definition) is 0. The van der Waals surface area contributed by atoms with Crippen LogP contribution >= 0.6 is 0 Å². The van der Waals surface area contributed by atoms with Crippen molar-refractivity contribution in [1.82, 2.24) is 4.57 Å². The van der Waals surface area contributed by atoms with Gasteiger partial charge < -0.3 is 4.57 Å². The third-order valence-corrected chi connectivity index (χ3v) is 10.6. The Balaban J connectivity index is 0.000000248. The first kappa shape index (κ1) is 34.6. The third-order valence-electron chi connectivity index (χ3n) is 10.6. The van der Waals surface area contributed by atoms with E-state index in [2.05, 4.69) is 219 Å². The van der Waals surface area contributed by atoms with E-state index in [0.717, 1.165) is 12.8 Å². The van der Waals surface area contributed by atoms with Crippen LogP contribution in [-0.4, -0.2) is 4.57 Å². The minimum absolute atomic E-state index is 1.07. The number of nitrogens with zero attached hydrogens (tertiary/aromatic N) is 1. The molecule has 0 bridgehead atoms. The smallest absolute Gasteiger partial charge is 0.0541 e. The molecule has 0 atom stereocenters. The maximum absolute atomic E-state index is 2.43. The van der Waals surface area contributed by atoms with Crippen molar-refractivity contribution < 1.29 is 0 Å². The Kier molecular flexibility index (Phi) is 10.0. The average molecular weight is 696 g/mol. The Hall–Kier alpha value is -6.44. The van der Waals surface area contributed by atoms with Crippen molar-refractivity contribution in [2.45, 2.75) is 33.6 Å². The predicted molar refractivity (Wildman–Crippen MR) is 232 cm³/mol. The summed E-state index contributed by atoms with van der Waals surface area (Å²) in [5, 5.41) is 2.55. The number of hydrogen-bond donors (Lipinski definition) is 0. The topological polar surface area (TPSA) is 4.93 Å². The van der Waals surface area contributed by atoms with Crippen LogP contribution in [0.4, 0.5) is 0 Å². The second-order valence-electron chi connectivity index (χ2n) is 14.0. The fraction of sp³-hybridized carbons (Fsp3) is 0.0943. The van der Waals surface area contributed by atoms with Crippen molar-refractivity contribution in [2.24, 2.45) is 0 Å². The molecule has 54 heavy (non-hydrogen) atoms. The summed E-state index contributed by atoms with van der Waals surface area (Å²) in [5.74, 6) is 0. The van der Waals surface area contributed by atoms with E-state index in [-0.39, 0.29) is 0 Å². The van der Waals surface area contributed by atoms with Crippen LogP contribution in [0.3, 0.4) is 0 Å². The molecule has 262 valence electrons. The molecular weight excluding hydrogens is 651 g/mol. The zero-order valence-electron chi connectivity index (χ0n) is 31.3. The zero-order chi connectivity index (χ0) is 36.9.